The number of nitrogens with one attached hydrogen (secondary N) is 1. The smallest absolute Gasteiger partial charge is 0.124 e. The van der Waals surface area contributed by atoms with Crippen molar-refractivity contribution >= 4 is 34.8 Å². The molecule has 0 fully saturated rings. The van der Waals surface area contributed by atoms with Crippen molar-refractivity contribution in [2.45, 2.75) is 13.0 Å². The van der Waals surface area contributed by atoms with Crippen LogP contribution < -0.4 is 10.1 Å². The van der Waals surface area contributed by atoms with Gasteiger partial charge >= 0.3 is 0 Å². The van der Waals surface area contributed by atoms with E-state index in [0.29, 0.717) is 15.1 Å². The Morgan fingerprint density at radius 1 is 1.00 bits per heavy atom. The van der Waals surface area contributed by atoms with E-state index in [9.17, 15) is 0 Å². The molecule has 2 aromatic rings. The normalized spacial score (nSPS) is 12.2. The van der Waals surface area contributed by atoms with Crippen LogP contribution in [0.15, 0.2) is 36.4 Å². The molecule has 0 aliphatic carbocycles. The molecule has 1 atom stereocenters. The number of methoxy groups -OCH3 is 1. The third-order valence-electron chi connectivity index (χ3n) is 3.18. The third kappa shape index (κ3) is 3.83. The van der Waals surface area contributed by atoms with Crippen LogP contribution in [0.3, 0.4) is 0 Å². The van der Waals surface area contributed by atoms with Crippen molar-refractivity contribution in [3.63, 3.8) is 0 Å². The highest BCUT2D eigenvalue weighted by atomic mass is 35.5. The highest BCUT2D eigenvalue weighted by molar-refractivity contribution is 6.35. The zero-order valence-corrected chi connectivity index (χ0v) is 14.1. The summed E-state index contributed by atoms with van der Waals surface area (Å²) in [6.45, 7) is 2.81. The molecule has 1 N–H and O–H groups in total. The molecule has 21 heavy (non-hydrogen) atoms. The Balaban J connectivity index is 2.55. The van der Waals surface area contributed by atoms with Crippen molar-refractivity contribution in [1.82, 2.24) is 5.32 Å². The minimum Gasteiger partial charge on any atom is -0.496 e. The van der Waals surface area contributed by atoms with Gasteiger partial charge in [-0.05, 0) is 42.4 Å². The number of benzene rings is 2. The van der Waals surface area contributed by atoms with Crippen LogP contribution in [0, 0.1) is 0 Å². The van der Waals surface area contributed by atoms with Crippen LogP contribution in [0.25, 0.3) is 0 Å². The monoisotopic (exact) mass is 343 g/mol. The summed E-state index contributed by atoms with van der Waals surface area (Å²) in [7, 11) is 1.64. The Morgan fingerprint density at radius 3 is 2.29 bits per heavy atom. The van der Waals surface area contributed by atoms with E-state index >= 15 is 0 Å². The van der Waals surface area contributed by atoms with Crippen LogP contribution in [-0.4, -0.2) is 13.7 Å². The predicted octanol–water partition coefficient (Wildman–Crippen LogP) is 5.35. The van der Waals surface area contributed by atoms with Crippen molar-refractivity contribution in [2.24, 2.45) is 0 Å². The predicted molar refractivity (Wildman–Crippen MR) is 90.0 cm³/mol. The maximum atomic E-state index is 6.35. The standard InChI is InChI=1S/C16H16Cl3NO/c1-3-20-16(12-6-4-11(18)9-14(12)19)13-8-10(17)5-7-15(13)21-2/h4-9,16,20H,3H2,1-2H3. The van der Waals surface area contributed by atoms with Crippen LogP contribution in [0.1, 0.15) is 24.1 Å². The van der Waals surface area contributed by atoms with Crippen LogP contribution >= 0.6 is 34.8 Å². The molecule has 112 valence electrons. The van der Waals surface area contributed by atoms with Gasteiger partial charge in [0.1, 0.15) is 5.75 Å². The molecule has 0 aliphatic heterocycles. The molecule has 0 radical (unpaired) electrons. The summed E-state index contributed by atoms with van der Waals surface area (Å²) in [5.41, 5.74) is 1.87. The van der Waals surface area contributed by atoms with Crippen LogP contribution in [0.4, 0.5) is 0 Å². The highest BCUT2D eigenvalue weighted by Crippen LogP contribution is 2.36. The number of hydrogen-bond acceptors (Lipinski definition) is 2. The number of rotatable bonds is 5. The zero-order chi connectivity index (χ0) is 15.4. The quantitative estimate of drug-likeness (QED) is 0.789. The number of halogens is 3. The second-order valence-electron chi connectivity index (χ2n) is 4.54. The Labute approximate surface area is 140 Å². The molecule has 2 nitrogen and oxygen atoms in total. The summed E-state index contributed by atoms with van der Waals surface area (Å²) in [4.78, 5) is 0. The number of hydrogen-bond donors (Lipinski definition) is 1. The summed E-state index contributed by atoms with van der Waals surface area (Å²) in [6, 6.07) is 10.9. The minimum absolute atomic E-state index is 0.117. The van der Waals surface area contributed by atoms with Gasteiger partial charge in [0.05, 0.1) is 13.2 Å². The van der Waals surface area contributed by atoms with Gasteiger partial charge in [-0.1, -0.05) is 47.8 Å². The van der Waals surface area contributed by atoms with Crippen LogP contribution in [0.5, 0.6) is 5.75 Å². The Hall–Kier alpha value is -0.930. The van der Waals surface area contributed by atoms with Gasteiger partial charge in [0, 0.05) is 20.6 Å². The molecule has 2 aromatic carbocycles. The molecule has 1 unspecified atom stereocenters. The van der Waals surface area contributed by atoms with E-state index in [0.717, 1.165) is 23.4 Å². The van der Waals surface area contributed by atoms with Gasteiger partial charge in [-0.15, -0.1) is 0 Å². The molecule has 0 saturated carbocycles. The fourth-order valence-electron chi connectivity index (χ4n) is 2.26. The molecule has 5 heteroatoms. The average molecular weight is 345 g/mol. The van der Waals surface area contributed by atoms with Crippen molar-refractivity contribution in [1.29, 1.82) is 0 Å². The fourth-order valence-corrected chi connectivity index (χ4v) is 2.96. The van der Waals surface area contributed by atoms with Crippen LogP contribution in [0.2, 0.25) is 15.1 Å². The first-order chi connectivity index (χ1) is 10.1. The van der Waals surface area contributed by atoms with Crippen LogP contribution in [-0.2, 0) is 0 Å². The van der Waals surface area contributed by atoms with Crippen molar-refractivity contribution < 1.29 is 4.74 Å². The molecule has 0 aromatic heterocycles. The van der Waals surface area contributed by atoms with E-state index in [1.165, 1.54) is 0 Å². The second kappa shape index (κ2) is 7.37. The maximum absolute atomic E-state index is 6.35. The molecular weight excluding hydrogens is 329 g/mol. The van der Waals surface area contributed by atoms with E-state index in [1.807, 2.05) is 31.2 Å². The first-order valence-electron chi connectivity index (χ1n) is 6.58. The Morgan fingerprint density at radius 2 is 1.67 bits per heavy atom. The molecule has 2 rings (SSSR count). The Kier molecular flexibility index (Phi) is 5.77. The third-order valence-corrected chi connectivity index (χ3v) is 3.98. The van der Waals surface area contributed by atoms with Gasteiger partial charge < -0.3 is 10.1 Å². The van der Waals surface area contributed by atoms with Gasteiger partial charge in [-0.25, -0.2) is 0 Å². The van der Waals surface area contributed by atoms with Gasteiger partial charge in [0.15, 0.2) is 0 Å². The molecule has 0 amide bonds. The first-order valence-corrected chi connectivity index (χ1v) is 7.72. The van der Waals surface area contributed by atoms with E-state index in [-0.39, 0.29) is 6.04 Å². The summed E-state index contributed by atoms with van der Waals surface area (Å²) in [6.07, 6.45) is 0. The SMILES string of the molecule is CCNC(c1ccc(Cl)cc1Cl)c1cc(Cl)ccc1OC. The lowest BCUT2D eigenvalue weighted by molar-refractivity contribution is 0.404. The van der Waals surface area contributed by atoms with Gasteiger partial charge in [-0.3, -0.25) is 0 Å². The molecule has 0 spiro atoms. The lowest BCUT2D eigenvalue weighted by Gasteiger charge is -2.22. The molecule has 0 bridgehead atoms. The molecule has 0 heterocycles. The van der Waals surface area contributed by atoms with E-state index in [4.69, 9.17) is 39.5 Å². The molecular formula is C16H16Cl3NO. The van der Waals surface area contributed by atoms with Gasteiger partial charge in [-0.2, -0.15) is 0 Å². The summed E-state index contributed by atoms with van der Waals surface area (Å²) >= 11 is 18.5. The molecule has 0 aliphatic rings. The van der Waals surface area contributed by atoms with Gasteiger partial charge in [0.25, 0.3) is 0 Å². The Bertz CT molecular complexity index is 631. The fraction of sp³-hybridized carbons (Fsp3) is 0.250. The van der Waals surface area contributed by atoms with E-state index in [1.54, 1.807) is 19.2 Å². The number of ether oxygens (including phenoxy) is 1. The van der Waals surface area contributed by atoms with E-state index in [2.05, 4.69) is 5.32 Å². The summed E-state index contributed by atoms with van der Waals surface area (Å²) < 4.78 is 5.44. The lowest BCUT2D eigenvalue weighted by atomic mass is 9.97. The highest BCUT2D eigenvalue weighted by Gasteiger charge is 2.20. The first kappa shape index (κ1) is 16.4. The largest absolute Gasteiger partial charge is 0.496 e. The van der Waals surface area contributed by atoms with Crippen molar-refractivity contribution in [3.8, 4) is 5.75 Å². The minimum atomic E-state index is -0.117. The lowest BCUT2D eigenvalue weighted by Crippen LogP contribution is -2.23. The maximum Gasteiger partial charge on any atom is 0.124 e. The van der Waals surface area contributed by atoms with Crippen molar-refractivity contribution in [2.75, 3.05) is 13.7 Å². The summed E-state index contributed by atoms with van der Waals surface area (Å²) in [5.74, 6) is 0.761. The summed E-state index contributed by atoms with van der Waals surface area (Å²) in [5, 5.41) is 5.28. The van der Waals surface area contributed by atoms with Gasteiger partial charge in [0.2, 0.25) is 0 Å². The van der Waals surface area contributed by atoms with Crippen molar-refractivity contribution in [3.05, 3.63) is 62.6 Å². The second-order valence-corrected chi connectivity index (χ2v) is 5.82. The average Bonchev–Trinajstić information content (AvgIpc) is 2.45. The molecule has 0 saturated heterocycles. The van der Waals surface area contributed by atoms with E-state index < -0.39 is 0 Å². The topological polar surface area (TPSA) is 21.3 Å². The zero-order valence-electron chi connectivity index (χ0n) is 11.8.